The first-order valence-corrected chi connectivity index (χ1v) is 8.59. The van der Waals surface area contributed by atoms with Gasteiger partial charge in [0, 0.05) is 45.2 Å². The van der Waals surface area contributed by atoms with E-state index in [0.29, 0.717) is 6.04 Å². The molecule has 3 rings (SSSR count). The first-order chi connectivity index (χ1) is 10.8. The Labute approximate surface area is 156 Å². The van der Waals surface area contributed by atoms with Gasteiger partial charge in [0.25, 0.3) is 0 Å². The second-order valence-corrected chi connectivity index (χ2v) is 6.39. The minimum Gasteiger partial charge on any atom is -0.469 e. The van der Waals surface area contributed by atoms with Crippen LogP contribution in [0.5, 0.6) is 0 Å². The molecule has 5 nitrogen and oxygen atoms in total. The summed E-state index contributed by atoms with van der Waals surface area (Å²) in [4.78, 5) is 7.01. The van der Waals surface area contributed by atoms with Crippen molar-refractivity contribution in [3.05, 3.63) is 24.2 Å². The van der Waals surface area contributed by atoms with Crippen LogP contribution in [0, 0.1) is 0 Å². The molecule has 2 fully saturated rings. The van der Waals surface area contributed by atoms with Crippen LogP contribution in [-0.4, -0.2) is 49.6 Å². The fourth-order valence-corrected chi connectivity index (χ4v) is 3.65. The summed E-state index contributed by atoms with van der Waals surface area (Å²) in [6, 6.07) is 5.29. The molecule has 1 aromatic heterocycles. The number of hydrogen-bond acceptors (Lipinski definition) is 3. The number of aliphatic imine (C=N–C) groups is 1. The number of nitrogens with zero attached hydrogens (tertiary/aromatic N) is 2. The molecular formula is C17H29IN4O. The molecule has 0 radical (unpaired) electrons. The first-order valence-electron chi connectivity index (χ1n) is 8.59. The summed E-state index contributed by atoms with van der Waals surface area (Å²) in [5, 5.41) is 6.95. The Morgan fingerprint density at radius 3 is 2.87 bits per heavy atom. The van der Waals surface area contributed by atoms with Gasteiger partial charge in [0.1, 0.15) is 5.76 Å². The smallest absolute Gasteiger partial charge is 0.191 e. The maximum Gasteiger partial charge on any atom is 0.191 e. The molecular weight excluding hydrogens is 403 g/mol. The van der Waals surface area contributed by atoms with E-state index in [2.05, 4.69) is 20.5 Å². The quantitative estimate of drug-likeness (QED) is 0.427. The lowest BCUT2D eigenvalue weighted by molar-refractivity contribution is 0.242. The highest BCUT2D eigenvalue weighted by Crippen LogP contribution is 2.26. The van der Waals surface area contributed by atoms with Crippen molar-refractivity contribution in [1.82, 2.24) is 15.5 Å². The normalized spacial score (nSPS) is 23.0. The van der Waals surface area contributed by atoms with Crippen LogP contribution in [0.4, 0.5) is 0 Å². The van der Waals surface area contributed by atoms with E-state index in [1.54, 1.807) is 6.26 Å². The lowest BCUT2D eigenvalue weighted by atomic mass is 10.2. The van der Waals surface area contributed by atoms with Crippen LogP contribution >= 0.6 is 24.0 Å². The van der Waals surface area contributed by atoms with E-state index in [1.165, 1.54) is 38.6 Å². The molecule has 1 aliphatic carbocycles. The van der Waals surface area contributed by atoms with Gasteiger partial charge >= 0.3 is 0 Å². The number of rotatable bonds is 5. The lowest BCUT2D eigenvalue weighted by Crippen LogP contribution is -2.45. The third kappa shape index (κ3) is 5.38. The summed E-state index contributed by atoms with van der Waals surface area (Å²) in [6.07, 6.45) is 9.43. The molecule has 1 saturated heterocycles. The summed E-state index contributed by atoms with van der Waals surface area (Å²) in [5.74, 6) is 1.92. The van der Waals surface area contributed by atoms with Crippen molar-refractivity contribution in [2.24, 2.45) is 4.99 Å². The largest absolute Gasteiger partial charge is 0.469 e. The second kappa shape index (κ2) is 9.52. The van der Waals surface area contributed by atoms with Gasteiger partial charge in [0.2, 0.25) is 0 Å². The average Bonchev–Trinajstić information content (AvgIpc) is 3.27. The van der Waals surface area contributed by atoms with Crippen molar-refractivity contribution >= 4 is 29.9 Å². The highest BCUT2D eigenvalue weighted by molar-refractivity contribution is 14.0. The lowest BCUT2D eigenvalue weighted by Gasteiger charge is -2.24. The van der Waals surface area contributed by atoms with Crippen LogP contribution in [0.15, 0.2) is 27.8 Å². The maximum absolute atomic E-state index is 5.35. The summed E-state index contributed by atoms with van der Waals surface area (Å²) in [5.41, 5.74) is 0. The third-order valence-corrected chi connectivity index (χ3v) is 4.87. The fourth-order valence-electron chi connectivity index (χ4n) is 3.65. The highest BCUT2D eigenvalue weighted by Gasteiger charge is 2.30. The van der Waals surface area contributed by atoms with Crippen molar-refractivity contribution in [2.75, 3.05) is 26.7 Å². The summed E-state index contributed by atoms with van der Waals surface area (Å²) in [7, 11) is 1.84. The zero-order valence-electron chi connectivity index (χ0n) is 14.0. The zero-order chi connectivity index (χ0) is 15.2. The maximum atomic E-state index is 5.35. The van der Waals surface area contributed by atoms with Crippen LogP contribution in [-0.2, 0) is 6.42 Å². The van der Waals surface area contributed by atoms with E-state index >= 15 is 0 Å². The average molecular weight is 432 g/mol. The SMILES string of the molecule is CN=C(NCCc1ccco1)NC1CCN(C2CCCC2)C1.I. The van der Waals surface area contributed by atoms with Crippen molar-refractivity contribution < 1.29 is 4.42 Å². The molecule has 2 heterocycles. The summed E-state index contributed by atoms with van der Waals surface area (Å²) < 4.78 is 5.35. The number of guanidine groups is 1. The minimum absolute atomic E-state index is 0. The van der Waals surface area contributed by atoms with Gasteiger partial charge in [-0.15, -0.1) is 24.0 Å². The van der Waals surface area contributed by atoms with E-state index in [-0.39, 0.29) is 24.0 Å². The van der Waals surface area contributed by atoms with Crippen LogP contribution in [0.25, 0.3) is 0 Å². The Kier molecular flexibility index (Phi) is 7.69. The molecule has 130 valence electrons. The molecule has 1 aromatic rings. The number of halogens is 1. The van der Waals surface area contributed by atoms with E-state index in [9.17, 15) is 0 Å². The van der Waals surface area contributed by atoms with Crippen molar-refractivity contribution in [3.8, 4) is 0 Å². The van der Waals surface area contributed by atoms with E-state index in [4.69, 9.17) is 4.42 Å². The van der Waals surface area contributed by atoms with Crippen molar-refractivity contribution in [1.29, 1.82) is 0 Å². The number of hydrogen-bond donors (Lipinski definition) is 2. The highest BCUT2D eigenvalue weighted by atomic mass is 127. The van der Waals surface area contributed by atoms with Crippen LogP contribution in [0.2, 0.25) is 0 Å². The van der Waals surface area contributed by atoms with Gasteiger partial charge in [-0.3, -0.25) is 9.89 Å². The Morgan fingerprint density at radius 1 is 1.35 bits per heavy atom. The standard InChI is InChI=1S/C17H28N4O.HI/c1-18-17(19-10-8-16-7-4-12-22-16)20-14-9-11-21(13-14)15-5-2-3-6-15;/h4,7,12,14-15H,2-3,5-6,8-11,13H2,1H3,(H2,18,19,20);1H. The first kappa shape index (κ1) is 18.6. The fraction of sp³-hybridized carbons (Fsp3) is 0.706. The molecule has 2 aliphatic rings. The molecule has 1 atom stereocenters. The number of furan rings is 1. The van der Waals surface area contributed by atoms with Gasteiger partial charge in [-0.2, -0.15) is 0 Å². The molecule has 0 amide bonds. The Balaban J connectivity index is 0.00000192. The molecule has 1 saturated carbocycles. The van der Waals surface area contributed by atoms with Gasteiger partial charge in [0.05, 0.1) is 6.26 Å². The molecule has 0 spiro atoms. The molecule has 0 bridgehead atoms. The van der Waals surface area contributed by atoms with Gasteiger partial charge in [-0.05, 0) is 31.4 Å². The topological polar surface area (TPSA) is 52.8 Å². The third-order valence-electron chi connectivity index (χ3n) is 4.87. The van der Waals surface area contributed by atoms with E-state index in [1.807, 2.05) is 19.2 Å². The molecule has 6 heteroatoms. The van der Waals surface area contributed by atoms with Gasteiger partial charge in [0.15, 0.2) is 5.96 Å². The summed E-state index contributed by atoms with van der Waals surface area (Å²) in [6.45, 7) is 3.22. The Morgan fingerprint density at radius 2 is 2.17 bits per heavy atom. The Hall–Kier alpha value is -0.760. The molecule has 2 N–H and O–H groups in total. The van der Waals surface area contributed by atoms with Gasteiger partial charge in [-0.25, -0.2) is 0 Å². The van der Waals surface area contributed by atoms with Crippen LogP contribution < -0.4 is 10.6 Å². The summed E-state index contributed by atoms with van der Waals surface area (Å²) >= 11 is 0. The monoisotopic (exact) mass is 432 g/mol. The predicted molar refractivity (Wildman–Crippen MR) is 105 cm³/mol. The molecule has 0 aromatic carbocycles. The van der Waals surface area contributed by atoms with E-state index in [0.717, 1.165) is 37.3 Å². The minimum atomic E-state index is 0. The van der Waals surface area contributed by atoms with Gasteiger partial charge < -0.3 is 15.1 Å². The number of likely N-dealkylation sites (tertiary alicyclic amines) is 1. The van der Waals surface area contributed by atoms with Crippen molar-refractivity contribution in [2.45, 2.75) is 50.6 Å². The molecule has 1 aliphatic heterocycles. The zero-order valence-corrected chi connectivity index (χ0v) is 16.3. The van der Waals surface area contributed by atoms with Crippen LogP contribution in [0.1, 0.15) is 37.9 Å². The van der Waals surface area contributed by atoms with Gasteiger partial charge in [-0.1, -0.05) is 12.8 Å². The van der Waals surface area contributed by atoms with Crippen molar-refractivity contribution in [3.63, 3.8) is 0 Å². The van der Waals surface area contributed by atoms with E-state index < -0.39 is 0 Å². The molecule has 23 heavy (non-hydrogen) atoms. The predicted octanol–water partition coefficient (Wildman–Crippen LogP) is 2.62. The van der Waals surface area contributed by atoms with Crippen LogP contribution in [0.3, 0.4) is 0 Å². The molecule has 1 unspecified atom stereocenters. The second-order valence-electron chi connectivity index (χ2n) is 6.39. The number of nitrogens with one attached hydrogen (secondary N) is 2. The Bertz CT molecular complexity index is 471.